The van der Waals surface area contributed by atoms with Crippen molar-refractivity contribution in [2.45, 2.75) is 63.8 Å². The monoisotopic (exact) mass is 294 g/mol. The summed E-state index contributed by atoms with van der Waals surface area (Å²) in [5.74, 6) is 1.89. The van der Waals surface area contributed by atoms with Crippen molar-refractivity contribution in [1.29, 1.82) is 0 Å². The van der Waals surface area contributed by atoms with E-state index in [9.17, 15) is 0 Å². The van der Waals surface area contributed by atoms with Crippen LogP contribution in [0.3, 0.4) is 0 Å². The highest BCUT2D eigenvalue weighted by Gasteiger charge is 2.24. The lowest BCUT2D eigenvalue weighted by atomic mass is 9.95. The molecule has 20 heavy (non-hydrogen) atoms. The number of aromatic nitrogens is 3. The minimum atomic E-state index is 0.552. The number of nitrogens with zero attached hydrogens (tertiary/aromatic N) is 3. The molecule has 3 rings (SSSR count). The molecule has 2 aliphatic carbocycles. The number of H-pyrrole nitrogens is 1. The van der Waals surface area contributed by atoms with E-state index in [1.54, 1.807) is 0 Å². The SMILES string of the molecule is CN(CC1CCCC1)c1n[nH]c(=S)n1C1CCCCC1. The first-order valence-corrected chi connectivity index (χ1v) is 8.54. The second-order valence-electron chi connectivity index (χ2n) is 6.52. The molecule has 0 unspecified atom stereocenters. The Balaban J connectivity index is 1.76. The summed E-state index contributed by atoms with van der Waals surface area (Å²) in [7, 11) is 2.17. The predicted octanol–water partition coefficient (Wildman–Crippen LogP) is 4.07. The summed E-state index contributed by atoms with van der Waals surface area (Å²) in [6.07, 6.45) is 12.1. The first-order chi connectivity index (χ1) is 9.75. The number of hydrogen-bond acceptors (Lipinski definition) is 3. The van der Waals surface area contributed by atoms with Gasteiger partial charge in [0.2, 0.25) is 5.95 Å². The summed E-state index contributed by atoms with van der Waals surface area (Å²) in [5, 5.41) is 7.52. The maximum absolute atomic E-state index is 5.47. The second-order valence-corrected chi connectivity index (χ2v) is 6.91. The van der Waals surface area contributed by atoms with Gasteiger partial charge in [-0.15, -0.1) is 5.10 Å². The molecule has 2 fully saturated rings. The van der Waals surface area contributed by atoms with Crippen molar-refractivity contribution in [3.8, 4) is 0 Å². The fraction of sp³-hybridized carbons (Fsp3) is 0.867. The third-order valence-corrected chi connectivity index (χ3v) is 5.26. The fourth-order valence-electron chi connectivity index (χ4n) is 3.90. The molecule has 1 heterocycles. The van der Waals surface area contributed by atoms with E-state index in [0.29, 0.717) is 6.04 Å². The Morgan fingerprint density at radius 3 is 2.50 bits per heavy atom. The second kappa shape index (κ2) is 6.29. The highest BCUT2D eigenvalue weighted by Crippen LogP contribution is 2.32. The van der Waals surface area contributed by atoms with E-state index in [-0.39, 0.29) is 0 Å². The van der Waals surface area contributed by atoms with E-state index in [4.69, 9.17) is 12.2 Å². The van der Waals surface area contributed by atoms with Crippen LogP contribution in [0.2, 0.25) is 0 Å². The van der Waals surface area contributed by atoms with E-state index in [2.05, 4.69) is 26.7 Å². The number of hydrogen-bond donors (Lipinski definition) is 1. The van der Waals surface area contributed by atoms with Crippen LogP contribution in [0.1, 0.15) is 63.8 Å². The van der Waals surface area contributed by atoms with Crippen molar-refractivity contribution in [3.63, 3.8) is 0 Å². The van der Waals surface area contributed by atoms with Gasteiger partial charge in [-0.25, -0.2) is 5.10 Å². The van der Waals surface area contributed by atoms with E-state index in [1.807, 2.05) is 0 Å². The van der Waals surface area contributed by atoms with Crippen LogP contribution in [0.4, 0.5) is 5.95 Å². The molecule has 0 aromatic carbocycles. The molecule has 0 atom stereocenters. The van der Waals surface area contributed by atoms with Gasteiger partial charge < -0.3 is 4.90 Å². The molecule has 0 aliphatic heterocycles. The molecule has 112 valence electrons. The minimum Gasteiger partial charge on any atom is -0.344 e. The van der Waals surface area contributed by atoms with Crippen LogP contribution >= 0.6 is 12.2 Å². The molecule has 2 saturated carbocycles. The van der Waals surface area contributed by atoms with Crippen LogP contribution in [-0.4, -0.2) is 28.4 Å². The quantitative estimate of drug-likeness (QED) is 0.850. The summed E-state index contributed by atoms with van der Waals surface area (Å²) < 4.78 is 3.08. The maximum Gasteiger partial charge on any atom is 0.225 e. The van der Waals surface area contributed by atoms with Crippen LogP contribution < -0.4 is 4.90 Å². The highest BCUT2D eigenvalue weighted by atomic mass is 32.1. The standard InChI is InChI=1S/C15H26N4S/c1-18(11-12-7-5-6-8-12)14-16-17-15(20)19(14)13-9-3-2-4-10-13/h12-13H,2-11H2,1H3,(H,17,20). The first-order valence-electron chi connectivity index (χ1n) is 8.14. The van der Waals surface area contributed by atoms with Crippen LogP contribution in [0.5, 0.6) is 0 Å². The predicted molar refractivity (Wildman–Crippen MR) is 84.8 cm³/mol. The minimum absolute atomic E-state index is 0.552. The molecule has 1 aromatic rings. The van der Waals surface area contributed by atoms with Crippen LogP contribution in [0, 0.1) is 10.7 Å². The fourth-order valence-corrected chi connectivity index (χ4v) is 4.17. The summed E-state index contributed by atoms with van der Waals surface area (Å²) in [5.41, 5.74) is 0. The molecule has 4 nitrogen and oxygen atoms in total. The van der Waals surface area contributed by atoms with Gasteiger partial charge in [0.25, 0.3) is 0 Å². The zero-order valence-corrected chi connectivity index (χ0v) is 13.3. The van der Waals surface area contributed by atoms with Crippen molar-refractivity contribution >= 4 is 18.2 Å². The Kier molecular flexibility index (Phi) is 4.44. The number of rotatable bonds is 4. The molecule has 0 bridgehead atoms. The lowest BCUT2D eigenvalue weighted by Gasteiger charge is -2.28. The van der Waals surface area contributed by atoms with Crippen molar-refractivity contribution in [2.75, 3.05) is 18.5 Å². The van der Waals surface area contributed by atoms with Gasteiger partial charge >= 0.3 is 0 Å². The summed E-state index contributed by atoms with van der Waals surface area (Å²) >= 11 is 5.47. The summed E-state index contributed by atoms with van der Waals surface area (Å²) in [4.78, 5) is 2.32. The topological polar surface area (TPSA) is 36.9 Å². The Bertz CT molecular complexity index is 480. The number of aromatic amines is 1. The van der Waals surface area contributed by atoms with Gasteiger partial charge in [0.15, 0.2) is 4.77 Å². The van der Waals surface area contributed by atoms with Crippen molar-refractivity contribution in [3.05, 3.63) is 4.77 Å². The van der Waals surface area contributed by atoms with Gasteiger partial charge in [0.1, 0.15) is 0 Å². The van der Waals surface area contributed by atoms with Crippen molar-refractivity contribution in [2.24, 2.45) is 5.92 Å². The van der Waals surface area contributed by atoms with E-state index in [1.165, 1.54) is 57.8 Å². The van der Waals surface area contributed by atoms with Crippen LogP contribution in [0.25, 0.3) is 0 Å². The van der Waals surface area contributed by atoms with Gasteiger partial charge in [0, 0.05) is 19.6 Å². The smallest absolute Gasteiger partial charge is 0.225 e. The van der Waals surface area contributed by atoms with Gasteiger partial charge in [-0.1, -0.05) is 32.1 Å². The third kappa shape index (κ3) is 2.92. The lowest BCUT2D eigenvalue weighted by Crippen LogP contribution is -2.28. The normalized spacial score (nSPS) is 21.4. The molecule has 0 spiro atoms. The molecule has 0 radical (unpaired) electrons. The molecule has 0 saturated heterocycles. The van der Waals surface area contributed by atoms with E-state index >= 15 is 0 Å². The maximum atomic E-state index is 5.47. The Morgan fingerprint density at radius 2 is 1.80 bits per heavy atom. The average molecular weight is 294 g/mol. The van der Waals surface area contributed by atoms with Gasteiger partial charge in [-0.2, -0.15) is 0 Å². The van der Waals surface area contributed by atoms with E-state index < -0.39 is 0 Å². The Labute approximate surface area is 126 Å². The first kappa shape index (κ1) is 14.1. The van der Waals surface area contributed by atoms with Crippen LogP contribution in [0.15, 0.2) is 0 Å². The number of anilines is 1. The van der Waals surface area contributed by atoms with Crippen molar-refractivity contribution < 1.29 is 0 Å². The lowest BCUT2D eigenvalue weighted by molar-refractivity contribution is 0.349. The molecule has 2 aliphatic rings. The molecule has 5 heteroatoms. The molecular weight excluding hydrogens is 268 g/mol. The van der Waals surface area contributed by atoms with Crippen molar-refractivity contribution in [1.82, 2.24) is 14.8 Å². The summed E-state index contributed by atoms with van der Waals surface area (Å²) in [6.45, 7) is 1.12. The number of nitrogens with one attached hydrogen (secondary N) is 1. The molecular formula is C15H26N4S. The largest absolute Gasteiger partial charge is 0.344 e. The Morgan fingerprint density at radius 1 is 1.15 bits per heavy atom. The zero-order chi connectivity index (χ0) is 13.9. The average Bonchev–Trinajstić information content (AvgIpc) is 3.09. The van der Waals surface area contributed by atoms with E-state index in [0.717, 1.165) is 23.2 Å². The molecule has 1 aromatic heterocycles. The van der Waals surface area contributed by atoms with Gasteiger partial charge in [0.05, 0.1) is 0 Å². The highest BCUT2D eigenvalue weighted by molar-refractivity contribution is 7.71. The summed E-state index contributed by atoms with van der Waals surface area (Å²) in [6, 6.07) is 0.552. The third-order valence-electron chi connectivity index (χ3n) is 4.97. The molecule has 1 N–H and O–H groups in total. The Hall–Kier alpha value is -0.840. The molecule has 0 amide bonds. The van der Waals surface area contributed by atoms with Crippen LogP contribution in [-0.2, 0) is 0 Å². The van der Waals surface area contributed by atoms with Gasteiger partial charge in [-0.05, 0) is 43.8 Å². The zero-order valence-electron chi connectivity index (χ0n) is 12.5. The van der Waals surface area contributed by atoms with Gasteiger partial charge in [-0.3, -0.25) is 4.57 Å².